The zero-order valence-corrected chi connectivity index (χ0v) is 27.8. The van der Waals surface area contributed by atoms with Gasteiger partial charge in [-0.05, 0) is 44.9 Å². The van der Waals surface area contributed by atoms with E-state index in [9.17, 15) is 19.2 Å². The Bertz CT molecular complexity index is 1390. The average Bonchev–Trinajstić information content (AvgIpc) is 3.33. The fraction of sp³-hybridized carbons (Fsp3) is 0.625. The van der Waals surface area contributed by atoms with Crippen molar-refractivity contribution in [3.8, 4) is 5.75 Å². The molecule has 2 N–H and O–H groups in total. The highest BCUT2D eigenvalue weighted by molar-refractivity contribution is 6.16. The third kappa shape index (κ3) is 6.92. The van der Waals surface area contributed by atoms with Crippen LogP contribution in [-0.2, 0) is 21.4 Å². The van der Waals surface area contributed by atoms with E-state index in [1.54, 1.807) is 60.6 Å². The predicted octanol–water partition coefficient (Wildman–Crippen LogP) is 2.04. The summed E-state index contributed by atoms with van der Waals surface area (Å²) in [6.07, 6.45) is 5.06. The van der Waals surface area contributed by atoms with Gasteiger partial charge in [0.25, 0.3) is 11.8 Å². The highest BCUT2D eigenvalue weighted by Crippen LogP contribution is 2.32. The molecular weight excluding hydrogens is 600 g/mol. The molecule has 1 aliphatic carbocycles. The van der Waals surface area contributed by atoms with Crippen molar-refractivity contribution in [3.05, 3.63) is 29.5 Å². The summed E-state index contributed by atoms with van der Waals surface area (Å²) in [4.78, 5) is 59.8. The van der Waals surface area contributed by atoms with E-state index in [2.05, 4.69) is 10.6 Å². The molecule has 0 spiro atoms. The van der Waals surface area contributed by atoms with Crippen molar-refractivity contribution in [1.29, 1.82) is 0 Å². The van der Waals surface area contributed by atoms with Gasteiger partial charge in [-0.2, -0.15) is 0 Å². The molecule has 1 aromatic heterocycles. The Hall–Kier alpha value is -3.35. The summed E-state index contributed by atoms with van der Waals surface area (Å²) < 4.78 is 12.6. The van der Waals surface area contributed by atoms with Gasteiger partial charge >= 0.3 is 0 Å². The number of amides is 4. The Morgan fingerprint density at radius 2 is 1.56 bits per heavy atom. The van der Waals surface area contributed by atoms with Crippen LogP contribution in [0.4, 0.5) is 0 Å². The number of likely N-dealkylation sites (tertiary alicyclic amines) is 1. The fourth-order valence-electron chi connectivity index (χ4n) is 6.66. The first-order valence-corrected chi connectivity index (χ1v) is 15.7. The first kappa shape index (κ1) is 34.5. The highest BCUT2D eigenvalue weighted by Gasteiger charge is 2.39. The Labute approximate surface area is 271 Å². The Morgan fingerprint density at radius 3 is 2.16 bits per heavy atom. The van der Waals surface area contributed by atoms with Gasteiger partial charge in [0.2, 0.25) is 11.8 Å². The van der Waals surface area contributed by atoms with Crippen LogP contribution in [-0.4, -0.2) is 122 Å². The fourth-order valence-corrected chi connectivity index (χ4v) is 6.66. The number of hydrogen-bond acceptors (Lipinski definition) is 7. The predicted molar refractivity (Wildman–Crippen MR) is 173 cm³/mol. The number of likely N-dealkylation sites (N-methyl/N-ethyl adjacent to an activating group) is 1. The summed E-state index contributed by atoms with van der Waals surface area (Å²) >= 11 is 0. The molecule has 2 aliphatic heterocycles. The lowest BCUT2D eigenvalue weighted by Gasteiger charge is -2.39. The van der Waals surface area contributed by atoms with Crippen molar-refractivity contribution in [1.82, 2.24) is 29.9 Å². The lowest BCUT2D eigenvalue weighted by atomic mass is 9.83. The summed E-state index contributed by atoms with van der Waals surface area (Å²) in [6.45, 7) is 4.10. The van der Waals surface area contributed by atoms with Gasteiger partial charge in [0.1, 0.15) is 17.5 Å². The number of halogens is 1. The second-order valence-corrected chi connectivity index (χ2v) is 12.2. The van der Waals surface area contributed by atoms with Crippen molar-refractivity contribution in [2.24, 2.45) is 13.0 Å². The first-order valence-electron chi connectivity index (χ1n) is 15.7. The van der Waals surface area contributed by atoms with E-state index in [0.29, 0.717) is 61.7 Å². The molecular formula is C32H47ClN6O6. The van der Waals surface area contributed by atoms with Crippen molar-refractivity contribution >= 4 is 46.9 Å². The normalized spacial score (nSPS) is 19.0. The van der Waals surface area contributed by atoms with Crippen LogP contribution in [0.1, 0.15) is 59.9 Å². The zero-order chi connectivity index (χ0) is 31.5. The summed E-state index contributed by atoms with van der Waals surface area (Å²) in [6, 6.07) is 4.48. The third-order valence-corrected chi connectivity index (χ3v) is 9.68. The number of fused-ring (bicyclic) bond motifs is 1. The SMILES string of the molecule is CN[C@@H](C)C(=O)N[C@H](C(=O)N1CCN(C(=O)c2c(C(=O)N3CC(OC)C3)c3ccc(OC)cc3n2C)CC1)C1CCCCC1.Cl. The summed E-state index contributed by atoms with van der Waals surface area (Å²) in [5, 5.41) is 6.68. The van der Waals surface area contributed by atoms with Crippen molar-refractivity contribution in [2.45, 2.75) is 57.2 Å². The Morgan fingerprint density at radius 1 is 0.911 bits per heavy atom. The number of aryl methyl sites for hydroxylation is 1. The van der Waals surface area contributed by atoms with Crippen LogP contribution in [0.2, 0.25) is 0 Å². The topological polar surface area (TPSA) is 125 Å². The number of aromatic nitrogens is 1. The van der Waals surface area contributed by atoms with Crippen LogP contribution in [0.25, 0.3) is 10.9 Å². The standard InChI is InChI=1S/C32H46N6O6.ClH/c1-20(33-2)29(39)34-27(21-9-7-6-8-10-21)31(41)36-13-15-37(16-14-36)32(42)28-26(30(40)38-18-23(19-38)44-5)24-12-11-22(43-4)17-25(24)35(28)3;/h11-12,17,20-21,23,27,33H,6-10,13-16,18-19H2,1-5H3,(H,34,39);1H/t20-,27-;/m0./s1. The lowest BCUT2D eigenvalue weighted by Crippen LogP contribution is -2.59. The van der Waals surface area contributed by atoms with E-state index in [-0.39, 0.29) is 48.1 Å². The maximum Gasteiger partial charge on any atom is 0.271 e. The smallest absolute Gasteiger partial charge is 0.271 e. The number of nitrogens with zero attached hydrogens (tertiary/aromatic N) is 4. The molecule has 0 radical (unpaired) electrons. The third-order valence-electron chi connectivity index (χ3n) is 9.68. The van der Waals surface area contributed by atoms with Crippen LogP contribution >= 0.6 is 12.4 Å². The monoisotopic (exact) mass is 646 g/mol. The van der Waals surface area contributed by atoms with Crippen molar-refractivity contribution in [3.63, 3.8) is 0 Å². The number of ether oxygens (including phenoxy) is 2. The number of carbonyl (C=O) groups excluding carboxylic acids is 4. The van der Waals surface area contributed by atoms with Gasteiger partial charge in [-0.1, -0.05) is 19.3 Å². The maximum atomic E-state index is 14.1. The van der Waals surface area contributed by atoms with Crippen LogP contribution in [0, 0.1) is 5.92 Å². The number of carbonyl (C=O) groups is 4. The van der Waals surface area contributed by atoms with Crippen molar-refractivity contribution < 1.29 is 28.7 Å². The minimum absolute atomic E-state index is 0. The summed E-state index contributed by atoms with van der Waals surface area (Å²) in [5.74, 6) is 0.0161. The number of nitrogens with one attached hydrogen (secondary N) is 2. The van der Waals surface area contributed by atoms with E-state index in [4.69, 9.17) is 9.47 Å². The number of hydrogen-bond donors (Lipinski definition) is 2. The van der Waals surface area contributed by atoms with E-state index in [1.807, 2.05) is 12.1 Å². The molecule has 12 nitrogen and oxygen atoms in total. The zero-order valence-electron chi connectivity index (χ0n) is 27.0. The molecule has 2 saturated heterocycles. The quantitative estimate of drug-likeness (QED) is 0.427. The molecule has 13 heteroatoms. The molecule has 0 bridgehead atoms. The summed E-state index contributed by atoms with van der Waals surface area (Å²) in [5.41, 5.74) is 1.43. The van der Waals surface area contributed by atoms with Gasteiger partial charge in [-0.15, -0.1) is 12.4 Å². The lowest BCUT2D eigenvalue weighted by molar-refractivity contribution is -0.140. The van der Waals surface area contributed by atoms with Crippen molar-refractivity contribution in [2.75, 3.05) is 60.5 Å². The minimum Gasteiger partial charge on any atom is -0.497 e. The Balaban J connectivity index is 0.00000461. The van der Waals surface area contributed by atoms with Crippen LogP contribution in [0.5, 0.6) is 5.75 Å². The van der Waals surface area contributed by atoms with E-state index in [1.165, 1.54) is 0 Å². The van der Waals surface area contributed by atoms with Crippen LogP contribution in [0.3, 0.4) is 0 Å². The van der Waals surface area contributed by atoms with Crippen LogP contribution in [0.15, 0.2) is 18.2 Å². The largest absolute Gasteiger partial charge is 0.497 e. The highest BCUT2D eigenvalue weighted by atomic mass is 35.5. The maximum absolute atomic E-state index is 14.1. The average molecular weight is 647 g/mol. The number of benzene rings is 1. The molecule has 0 unspecified atom stereocenters. The van der Waals surface area contributed by atoms with Gasteiger partial charge < -0.3 is 39.4 Å². The first-order chi connectivity index (χ1) is 21.2. The molecule has 5 rings (SSSR count). The molecule has 248 valence electrons. The molecule has 2 atom stereocenters. The van der Waals surface area contributed by atoms with Crippen LogP contribution < -0.4 is 15.4 Å². The van der Waals surface area contributed by atoms with E-state index in [0.717, 1.165) is 37.6 Å². The molecule has 3 fully saturated rings. The molecule has 45 heavy (non-hydrogen) atoms. The van der Waals surface area contributed by atoms with Gasteiger partial charge in [-0.25, -0.2) is 0 Å². The molecule has 1 aromatic carbocycles. The Kier molecular flexibility index (Phi) is 11.4. The van der Waals surface area contributed by atoms with E-state index < -0.39 is 12.1 Å². The van der Waals surface area contributed by atoms with E-state index >= 15 is 0 Å². The van der Waals surface area contributed by atoms with Gasteiger partial charge in [-0.3, -0.25) is 19.2 Å². The number of methoxy groups -OCH3 is 2. The van der Waals surface area contributed by atoms with Gasteiger partial charge in [0.15, 0.2) is 0 Å². The summed E-state index contributed by atoms with van der Waals surface area (Å²) in [7, 11) is 6.73. The van der Waals surface area contributed by atoms with Gasteiger partial charge in [0.05, 0.1) is 30.3 Å². The molecule has 4 amide bonds. The minimum atomic E-state index is -0.578. The second kappa shape index (κ2) is 14.8. The molecule has 1 saturated carbocycles. The second-order valence-electron chi connectivity index (χ2n) is 12.2. The number of rotatable bonds is 9. The molecule has 2 aromatic rings. The molecule has 3 aliphatic rings. The van der Waals surface area contributed by atoms with Gasteiger partial charge in [0, 0.05) is 64.9 Å². The molecule has 3 heterocycles. The number of piperazine rings is 1.